The van der Waals surface area contributed by atoms with Gasteiger partial charge in [0.25, 0.3) is 0 Å². The standard InChI is InChI=1S/C7H13FO2S/c1-6-3-4-7(2,8)5-11(6,9)10/h6H,3-5H2,1-2H3. The van der Waals surface area contributed by atoms with Gasteiger partial charge in [0.1, 0.15) is 5.67 Å². The highest BCUT2D eigenvalue weighted by atomic mass is 32.2. The molecule has 4 heteroatoms. The van der Waals surface area contributed by atoms with E-state index in [9.17, 15) is 12.8 Å². The van der Waals surface area contributed by atoms with Gasteiger partial charge in [-0.1, -0.05) is 0 Å². The van der Waals surface area contributed by atoms with Gasteiger partial charge in [-0.05, 0) is 26.7 Å². The van der Waals surface area contributed by atoms with Crippen molar-refractivity contribution >= 4 is 9.84 Å². The van der Waals surface area contributed by atoms with Crippen LogP contribution in [0.1, 0.15) is 26.7 Å². The van der Waals surface area contributed by atoms with Crippen LogP contribution in [0.4, 0.5) is 4.39 Å². The van der Waals surface area contributed by atoms with Crippen LogP contribution in [-0.2, 0) is 9.84 Å². The van der Waals surface area contributed by atoms with Gasteiger partial charge in [0.2, 0.25) is 0 Å². The van der Waals surface area contributed by atoms with Crippen molar-refractivity contribution < 1.29 is 12.8 Å². The first-order chi connectivity index (χ1) is 4.83. The maximum Gasteiger partial charge on any atom is 0.156 e. The highest BCUT2D eigenvalue weighted by Crippen LogP contribution is 2.29. The lowest BCUT2D eigenvalue weighted by atomic mass is 10.0. The molecule has 11 heavy (non-hydrogen) atoms. The molecule has 0 radical (unpaired) electrons. The van der Waals surface area contributed by atoms with Crippen molar-refractivity contribution in [1.82, 2.24) is 0 Å². The van der Waals surface area contributed by atoms with Gasteiger partial charge < -0.3 is 0 Å². The Morgan fingerprint density at radius 2 is 2.09 bits per heavy atom. The summed E-state index contributed by atoms with van der Waals surface area (Å²) in [4.78, 5) is 0. The normalized spacial score (nSPS) is 43.7. The highest BCUT2D eigenvalue weighted by molar-refractivity contribution is 7.92. The van der Waals surface area contributed by atoms with Crippen LogP contribution in [0.2, 0.25) is 0 Å². The highest BCUT2D eigenvalue weighted by Gasteiger charge is 2.39. The second-order valence-corrected chi connectivity index (χ2v) is 5.99. The first-order valence-corrected chi connectivity index (χ1v) is 5.45. The zero-order chi connectivity index (χ0) is 8.70. The molecule has 0 aromatic carbocycles. The minimum atomic E-state index is -3.14. The van der Waals surface area contributed by atoms with Crippen LogP contribution in [0, 0.1) is 0 Å². The van der Waals surface area contributed by atoms with E-state index < -0.39 is 15.5 Å². The van der Waals surface area contributed by atoms with Gasteiger partial charge in [-0.25, -0.2) is 12.8 Å². The molecule has 0 N–H and O–H groups in total. The Morgan fingerprint density at radius 1 is 1.55 bits per heavy atom. The van der Waals surface area contributed by atoms with Crippen LogP contribution in [-0.4, -0.2) is 25.1 Å². The Bertz CT molecular complexity index is 243. The molecule has 0 aromatic heterocycles. The molecule has 0 saturated carbocycles. The van der Waals surface area contributed by atoms with Gasteiger partial charge in [-0.3, -0.25) is 0 Å². The Hall–Kier alpha value is -0.120. The average Bonchev–Trinajstić information content (AvgIpc) is 1.77. The molecular weight excluding hydrogens is 167 g/mol. The first-order valence-electron chi connectivity index (χ1n) is 3.74. The predicted molar refractivity (Wildman–Crippen MR) is 42.0 cm³/mol. The van der Waals surface area contributed by atoms with Gasteiger partial charge in [0.05, 0.1) is 11.0 Å². The number of hydrogen-bond acceptors (Lipinski definition) is 2. The van der Waals surface area contributed by atoms with E-state index in [1.54, 1.807) is 6.92 Å². The van der Waals surface area contributed by atoms with Crippen molar-refractivity contribution in [2.45, 2.75) is 37.6 Å². The molecule has 0 amide bonds. The van der Waals surface area contributed by atoms with E-state index in [0.29, 0.717) is 12.8 Å². The van der Waals surface area contributed by atoms with Gasteiger partial charge >= 0.3 is 0 Å². The lowest BCUT2D eigenvalue weighted by molar-refractivity contribution is 0.191. The molecule has 2 nitrogen and oxygen atoms in total. The summed E-state index contributed by atoms with van der Waals surface area (Å²) in [5.41, 5.74) is -1.49. The number of halogens is 1. The van der Waals surface area contributed by atoms with E-state index in [1.807, 2.05) is 0 Å². The van der Waals surface area contributed by atoms with Crippen LogP contribution in [0.3, 0.4) is 0 Å². The Labute approximate surface area is 66.7 Å². The molecule has 1 aliphatic rings. The van der Waals surface area contributed by atoms with E-state index in [-0.39, 0.29) is 11.0 Å². The molecule has 1 fully saturated rings. The largest absolute Gasteiger partial charge is 0.243 e. The third-order valence-electron chi connectivity index (χ3n) is 2.19. The maximum absolute atomic E-state index is 13.2. The quantitative estimate of drug-likeness (QED) is 0.563. The summed E-state index contributed by atoms with van der Waals surface area (Å²) in [6.45, 7) is 3.00. The fraction of sp³-hybridized carbons (Fsp3) is 1.00. The fourth-order valence-electron chi connectivity index (χ4n) is 1.32. The number of alkyl halides is 1. The van der Waals surface area contributed by atoms with Crippen molar-refractivity contribution in [3.8, 4) is 0 Å². The third kappa shape index (κ3) is 1.92. The number of rotatable bonds is 0. The SMILES string of the molecule is CC1CCC(C)(F)CS1(=O)=O. The Morgan fingerprint density at radius 3 is 2.45 bits per heavy atom. The third-order valence-corrected chi connectivity index (χ3v) is 4.65. The van der Waals surface area contributed by atoms with Gasteiger partial charge in [-0.15, -0.1) is 0 Å². The van der Waals surface area contributed by atoms with Crippen molar-refractivity contribution in [2.75, 3.05) is 5.75 Å². The van der Waals surface area contributed by atoms with E-state index in [1.165, 1.54) is 6.92 Å². The second kappa shape index (κ2) is 2.44. The van der Waals surface area contributed by atoms with Gasteiger partial charge in [0.15, 0.2) is 9.84 Å². The van der Waals surface area contributed by atoms with E-state index >= 15 is 0 Å². The lowest BCUT2D eigenvalue weighted by Crippen LogP contribution is -2.40. The van der Waals surface area contributed by atoms with Crippen molar-refractivity contribution in [3.05, 3.63) is 0 Å². The van der Waals surface area contributed by atoms with Crippen molar-refractivity contribution in [2.24, 2.45) is 0 Å². The zero-order valence-electron chi connectivity index (χ0n) is 6.80. The molecule has 0 spiro atoms. The molecule has 0 bridgehead atoms. The summed E-state index contributed by atoms with van der Waals surface area (Å²) in [5.74, 6) is -0.304. The molecule has 2 unspecified atom stereocenters. The first kappa shape index (κ1) is 8.97. The van der Waals surface area contributed by atoms with Gasteiger partial charge in [-0.2, -0.15) is 0 Å². The van der Waals surface area contributed by atoms with E-state index in [2.05, 4.69) is 0 Å². The average molecular weight is 180 g/mol. The summed E-state index contributed by atoms with van der Waals surface area (Å²) in [7, 11) is -3.14. The molecule has 0 aromatic rings. The van der Waals surface area contributed by atoms with E-state index in [0.717, 1.165) is 0 Å². The van der Waals surface area contributed by atoms with Crippen molar-refractivity contribution in [1.29, 1.82) is 0 Å². The van der Waals surface area contributed by atoms with Crippen LogP contribution < -0.4 is 0 Å². The van der Waals surface area contributed by atoms with Crippen LogP contribution in [0.5, 0.6) is 0 Å². The van der Waals surface area contributed by atoms with Crippen LogP contribution in [0.25, 0.3) is 0 Å². The van der Waals surface area contributed by atoms with Crippen LogP contribution >= 0.6 is 0 Å². The number of hydrogen-bond donors (Lipinski definition) is 0. The molecule has 1 aliphatic heterocycles. The second-order valence-electron chi connectivity index (χ2n) is 3.57. The minimum absolute atomic E-state index is 0.304. The molecule has 1 saturated heterocycles. The molecule has 66 valence electrons. The van der Waals surface area contributed by atoms with E-state index in [4.69, 9.17) is 0 Å². The minimum Gasteiger partial charge on any atom is -0.243 e. The summed E-state index contributed by atoms with van der Waals surface area (Å²) >= 11 is 0. The molecule has 1 rings (SSSR count). The Kier molecular flexibility index (Phi) is 1.99. The molecule has 0 aliphatic carbocycles. The lowest BCUT2D eigenvalue weighted by Gasteiger charge is -2.28. The van der Waals surface area contributed by atoms with Crippen molar-refractivity contribution in [3.63, 3.8) is 0 Å². The summed E-state index contributed by atoms with van der Waals surface area (Å²) in [5, 5.41) is -0.355. The van der Waals surface area contributed by atoms with Crippen LogP contribution in [0.15, 0.2) is 0 Å². The monoisotopic (exact) mass is 180 g/mol. The summed E-state index contributed by atoms with van der Waals surface area (Å²) in [6.07, 6.45) is 0.822. The summed E-state index contributed by atoms with van der Waals surface area (Å²) < 4.78 is 35.5. The molecule has 2 atom stereocenters. The predicted octanol–water partition coefficient (Wildman–Crippen LogP) is 1.31. The topological polar surface area (TPSA) is 34.1 Å². The molecule has 1 heterocycles. The Balaban J connectivity index is 2.84. The fourth-order valence-corrected chi connectivity index (χ4v) is 3.06. The van der Waals surface area contributed by atoms with Gasteiger partial charge in [0, 0.05) is 0 Å². The molecular formula is C7H13FO2S. The smallest absolute Gasteiger partial charge is 0.156 e. The maximum atomic E-state index is 13.2. The summed E-state index contributed by atoms with van der Waals surface area (Å²) in [6, 6.07) is 0. The zero-order valence-corrected chi connectivity index (χ0v) is 7.62. The number of sulfone groups is 1.